The van der Waals surface area contributed by atoms with Crippen molar-refractivity contribution < 1.29 is 9.53 Å². The van der Waals surface area contributed by atoms with Gasteiger partial charge in [0.25, 0.3) is 0 Å². The van der Waals surface area contributed by atoms with Gasteiger partial charge in [-0.2, -0.15) is 0 Å². The fraction of sp³-hybridized carbons (Fsp3) is 0.652. The van der Waals surface area contributed by atoms with Gasteiger partial charge in [-0.3, -0.25) is 9.79 Å². The Labute approximate surface area is 176 Å². The van der Waals surface area contributed by atoms with E-state index in [-0.39, 0.29) is 5.91 Å². The second-order valence-corrected chi connectivity index (χ2v) is 7.44. The van der Waals surface area contributed by atoms with E-state index in [9.17, 15) is 4.79 Å². The van der Waals surface area contributed by atoms with E-state index >= 15 is 0 Å². The summed E-state index contributed by atoms with van der Waals surface area (Å²) in [7, 11) is 0. The molecule has 1 amide bonds. The summed E-state index contributed by atoms with van der Waals surface area (Å²) in [5.41, 5.74) is 2.65. The Morgan fingerprint density at radius 2 is 1.90 bits per heavy atom. The first-order chi connectivity index (χ1) is 14.2. The molecule has 0 bridgehead atoms. The van der Waals surface area contributed by atoms with Crippen molar-refractivity contribution in [2.75, 3.05) is 39.4 Å². The Bertz CT molecular complexity index is 633. The number of nitrogens with one attached hydrogen (secondary N) is 2. The van der Waals surface area contributed by atoms with Crippen molar-refractivity contribution >= 4 is 11.9 Å². The lowest BCUT2D eigenvalue weighted by atomic mass is 9.99. The third-order valence-corrected chi connectivity index (χ3v) is 5.05. The van der Waals surface area contributed by atoms with Gasteiger partial charge in [-0.25, -0.2) is 0 Å². The largest absolute Gasteiger partial charge is 0.381 e. The van der Waals surface area contributed by atoms with Gasteiger partial charge in [0.1, 0.15) is 0 Å². The van der Waals surface area contributed by atoms with Crippen molar-refractivity contribution in [2.24, 2.45) is 4.99 Å². The summed E-state index contributed by atoms with van der Waals surface area (Å²) in [5, 5.41) is 6.60. The van der Waals surface area contributed by atoms with Gasteiger partial charge in [0.15, 0.2) is 5.96 Å². The zero-order valence-corrected chi connectivity index (χ0v) is 18.2. The minimum absolute atomic E-state index is 0.233. The molecule has 0 saturated heterocycles. The number of hydrogen-bond donors (Lipinski definition) is 2. The number of fused-ring (bicyclic) bond motifs is 1. The van der Waals surface area contributed by atoms with Crippen LogP contribution in [0.1, 0.15) is 57.1 Å². The number of rotatable bonds is 12. The molecule has 6 heteroatoms. The number of guanidine groups is 1. The number of amides is 1. The number of carbonyl (C=O) groups is 1. The van der Waals surface area contributed by atoms with Crippen LogP contribution in [-0.4, -0.2) is 56.2 Å². The van der Waals surface area contributed by atoms with E-state index in [1.807, 2.05) is 11.0 Å². The molecule has 6 nitrogen and oxygen atoms in total. The molecule has 1 aromatic carbocycles. The first-order valence-electron chi connectivity index (χ1n) is 11.2. The minimum atomic E-state index is 0.233. The van der Waals surface area contributed by atoms with E-state index < -0.39 is 0 Å². The van der Waals surface area contributed by atoms with Crippen LogP contribution in [0.15, 0.2) is 29.3 Å². The lowest BCUT2D eigenvalue weighted by molar-refractivity contribution is -0.132. The highest BCUT2D eigenvalue weighted by Gasteiger charge is 2.19. The summed E-state index contributed by atoms with van der Waals surface area (Å²) in [6.07, 6.45) is 5.53. The molecule has 0 saturated carbocycles. The van der Waals surface area contributed by atoms with E-state index in [0.29, 0.717) is 13.0 Å². The van der Waals surface area contributed by atoms with Gasteiger partial charge < -0.3 is 20.3 Å². The molecule has 0 spiro atoms. The van der Waals surface area contributed by atoms with Crippen LogP contribution in [0.5, 0.6) is 0 Å². The summed E-state index contributed by atoms with van der Waals surface area (Å²) in [5.74, 6) is 1.05. The lowest BCUT2D eigenvalue weighted by Crippen LogP contribution is -2.38. The number of unbranched alkanes of at least 4 members (excludes halogenated alkanes) is 1. The van der Waals surface area contributed by atoms with Crippen LogP contribution < -0.4 is 10.6 Å². The molecule has 0 radical (unpaired) electrons. The van der Waals surface area contributed by atoms with Gasteiger partial charge >= 0.3 is 0 Å². The normalized spacial score (nSPS) is 13.9. The van der Waals surface area contributed by atoms with Crippen LogP contribution in [0.2, 0.25) is 0 Å². The summed E-state index contributed by atoms with van der Waals surface area (Å²) in [6.45, 7) is 9.73. The summed E-state index contributed by atoms with van der Waals surface area (Å²) in [6, 6.07) is 8.42. The molecule has 1 heterocycles. The maximum atomic E-state index is 12.5. The summed E-state index contributed by atoms with van der Waals surface area (Å²) in [4.78, 5) is 19.1. The van der Waals surface area contributed by atoms with E-state index in [1.165, 1.54) is 17.5 Å². The zero-order chi connectivity index (χ0) is 20.7. The Morgan fingerprint density at radius 1 is 1.10 bits per heavy atom. The van der Waals surface area contributed by atoms with Gasteiger partial charge in [0.05, 0.1) is 0 Å². The van der Waals surface area contributed by atoms with Crippen LogP contribution in [0, 0.1) is 0 Å². The second-order valence-electron chi connectivity index (χ2n) is 7.44. The van der Waals surface area contributed by atoms with Crippen LogP contribution >= 0.6 is 0 Å². The molecular formula is C23H38N4O2. The summed E-state index contributed by atoms with van der Waals surface area (Å²) >= 11 is 0. The van der Waals surface area contributed by atoms with Crippen molar-refractivity contribution in [3.63, 3.8) is 0 Å². The second kappa shape index (κ2) is 14.0. The third-order valence-electron chi connectivity index (χ3n) is 5.05. The average molecular weight is 403 g/mol. The van der Waals surface area contributed by atoms with Gasteiger partial charge in [-0.1, -0.05) is 37.6 Å². The summed E-state index contributed by atoms with van der Waals surface area (Å²) < 4.78 is 5.58. The van der Waals surface area contributed by atoms with Crippen molar-refractivity contribution in [3.8, 4) is 0 Å². The third kappa shape index (κ3) is 8.86. The molecule has 1 aromatic rings. The van der Waals surface area contributed by atoms with Crippen molar-refractivity contribution in [1.82, 2.24) is 15.5 Å². The van der Waals surface area contributed by atoms with E-state index in [0.717, 1.165) is 71.0 Å². The quantitative estimate of drug-likeness (QED) is 0.320. The lowest BCUT2D eigenvalue weighted by Gasteiger charge is -2.28. The van der Waals surface area contributed by atoms with Crippen LogP contribution in [0.4, 0.5) is 0 Å². The van der Waals surface area contributed by atoms with Crippen LogP contribution in [0.3, 0.4) is 0 Å². The molecule has 0 unspecified atom stereocenters. The maximum Gasteiger partial charge on any atom is 0.222 e. The van der Waals surface area contributed by atoms with Gasteiger partial charge in [0.2, 0.25) is 5.91 Å². The van der Waals surface area contributed by atoms with E-state index in [4.69, 9.17) is 4.74 Å². The molecule has 0 aliphatic carbocycles. The molecule has 0 atom stereocenters. The van der Waals surface area contributed by atoms with E-state index in [1.54, 1.807) is 0 Å². The highest BCUT2D eigenvalue weighted by Crippen LogP contribution is 2.19. The fourth-order valence-electron chi connectivity index (χ4n) is 3.36. The van der Waals surface area contributed by atoms with E-state index in [2.05, 4.69) is 47.7 Å². The van der Waals surface area contributed by atoms with Gasteiger partial charge in [-0.15, -0.1) is 0 Å². The SMILES string of the molecule is CCCCOCCCNC(=NCCCC(=O)N1CCc2ccccc2C1)NCC. The number of ether oxygens (including phenoxy) is 1. The van der Waals surface area contributed by atoms with Crippen molar-refractivity contribution in [3.05, 3.63) is 35.4 Å². The standard InChI is InChI=1S/C23H38N4O2/c1-3-5-17-29-18-9-15-26-23(24-4-2)25-14-8-12-22(28)27-16-13-20-10-6-7-11-21(20)19-27/h6-7,10-11H,3-5,8-9,12-19H2,1-2H3,(H2,24,25,26). The topological polar surface area (TPSA) is 66.0 Å². The first kappa shape index (κ1) is 23.2. The number of hydrogen-bond acceptors (Lipinski definition) is 3. The smallest absolute Gasteiger partial charge is 0.222 e. The highest BCUT2D eigenvalue weighted by atomic mass is 16.5. The average Bonchev–Trinajstić information content (AvgIpc) is 2.75. The first-order valence-corrected chi connectivity index (χ1v) is 11.2. The zero-order valence-electron chi connectivity index (χ0n) is 18.2. The molecule has 0 fully saturated rings. The number of benzene rings is 1. The molecule has 0 aromatic heterocycles. The Kier molecular flexibility index (Phi) is 11.2. The molecular weight excluding hydrogens is 364 g/mol. The van der Waals surface area contributed by atoms with Crippen molar-refractivity contribution in [1.29, 1.82) is 0 Å². The van der Waals surface area contributed by atoms with Gasteiger partial charge in [-0.05, 0) is 43.7 Å². The van der Waals surface area contributed by atoms with Crippen LogP contribution in [0.25, 0.3) is 0 Å². The molecule has 1 aliphatic heterocycles. The Hall–Kier alpha value is -2.08. The molecule has 2 rings (SSSR count). The highest BCUT2D eigenvalue weighted by molar-refractivity contribution is 5.80. The maximum absolute atomic E-state index is 12.5. The fourth-order valence-corrected chi connectivity index (χ4v) is 3.36. The predicted molar refractivity (Wildman–Crippen MR) is 119 cm³/mol. The molecule has 1 aliphatic rings. The Balaban J connectivity index is 1.64. The molecule has 162 valence electrons. The Morgan fingerprint density at radius 3 is 2.69 bits per heavy atom. The minimum Gasteiger partial charge on any atom is -0.381 e. The van der Waals surface area contributed by atoms with Crippen LogP contribution in [-0.2, 0) is 22.5 Å². The number of nitrogens with zero attached hydrogens (tertiary/aromatic N) is 2. The molecule has 29 heavy (non-hydrogen) atoms. The number of aliphatic imine (C=N–C) groups is 1. The predicted octanol–water partition coefficient (Wildman–Crippen LogP) is 3.11. The van der Waals surface area contributed by atoms with Gasteiger partial charge in [0, 0.05) is 52.4 Å². The monoisotopic (exact) mass is 402 g/mol. The van der Waals surface area contributed by atoms with Crippen molar-refractivity contribution in [2.45, 2.75) is 58.9 Å². The number of carbonyl (C=O) groups excluding carboxylic acids is 1. The molecule has 2 N–H and O–H groups in total.